The van der Waals surface area contributed by atoms with Crippen LogP contribution in [0.2, 0.25) is 0 Å². The van der Waals surface area contributed by atoms with Crippen LogP contribution in [0, 0.1) is 6.92 Å². The number of pyridine rings is 1. The molecule has 1 aliphatic rings. The van der Waals surface area contributed by atoms with Gasteiger partial charge in [0.15, 0.2) is 0 Å². The van der Waals surface area contributed by atoms with Crippen LogP contribution in [-0.2, 0) is 13.1 Å². The fourth-order valence-corrected chi connectivity index (χ4v) is 2.62. The Labute approximate surface area is 120 Å². The molecule has 1 heterocycles. The second-order valence-corrected chi connectivity index (χ2v) is 5.75. The van der Waals surface area contributed by atoms with E-state index in [1.165, 1.54) is 29.5 Å². The molecule has 1 aromatic carbocycles. The number of nitrogens with zero attached hydrogens (tertiary/aromatic N) is 2. The molecular formula is C17H21N3. The molecule has 0 radical (unpaired) electrons. The van der Waals surface area contributed by atoms with Gasteiger partial charge in [-0.1, -0.05) is 18.2 Å². The lowest BCUT2D eigenvalue weighted by Gasteiger charge is -2.22. The summed E-state index contributed by atoms with van der Waals surface area (Å²) >= 11 is 0. The normalized spacial score (nSPS) is 14.7. The standard InChI is InChI=1S/C17H21N3/c1-13-7-15(10-19-9-13)12-20(17-5-6-17)11-14-3-2-4-16(18)8-14/h2-4,7-10,17H,5-6,11-12,18H2,1H3. The minimum atomic E-state index is 0.719. The molecule has 1 fully saturated rings. The maximum atomic E-state index is 5.87. The van der Waals surface area contributed by atoms with Crippen molar-refractivity contribution in [2.75, 3.05) is 5.73 Å². The molecule has 0 saturated heterocycles. The Morgan fingerprint density at radius 2 is 1.95 bits per heavy atom. The van der Waals surface area contributed by atoms with Crippen LogP contribution in [0.5, 0.6) is 0 Å². The van der Waals surface area contributed by atoms with Crippen molar-refractivity contribution in [3.8, 4) is 0 Å². The maximum Gasteiger partial charge on any atom is 0.0317 e. The Bertz CT molecular complexity index is 543. The van der Waals surface area contributed by atoms with Crippen molar-refractivity contribution >= 4 is 5.69 Å². The summed E-state index contributed by atoms with van der Waals surface area (Å²) in [5.41, 5.74) is 10.5. The fraction of sp³-hybridized carbons (Fsp3) is 0.353. The minimum absolute atomic E-state index is 0.719. The summed E-state index contributed by atoms with van der Waals surface area (Å²) in [7, 11) is 0. The molecule has 20 heavy (non-hydrogen) atoms. The lowest BCUT2D eigenvalue weighted by molar-refractivity contribution is 0.245. The van der Waals surface area contributed by atoms with Crippen LogP contribution in [0.3, 0.4) is 0 Å². The molecule has 104 valence electrons. The number of anilines is 1. The molecule has 3 nitrogen and oxygen atoms in total. The molecular weight excluding hydrogens is 246 g/mol. The Hall–Kier alpha value is -1.87. The fourth-order valence-electron chi connectivity index (χ4n) is 2.62. The second kappa shape index (κ2) is 5.63. The molecule has 0 bridgehead atoms. The summed E-state index contributed by atoms with van der Waals surface area (Å²) in [5.74, 6) is 0. The lowest BCUT2D eigenvalue weighted by atomic mass is 10.1. The minimum Gasteiger partial charge on any atom is -0.399 e. The highest BCUT2D eigenvalue weighted by atomic mass is 15.2. The van der Waals surface area contributed by atoms with E-state index in [0.29, 0.717) is 0 Å². The molecule has 0 unspecified atom stereocenters. The van der Waals surface area contributed by atoms with Gasteiger partial charge in [0.2, 0.25) is 0 Å². The Balaban J connectivity index is 1.73. The molecule has 1 aromatic heterocycles. The number of aryl methyl sites for hydroxylation is 1. The first-order chi connectivity index (χ1) is 9.70. The maximum absolute atomic E-state index is 5.87. The molecule has 0 atom stereocenters. The highest BCUT2D eigenvalue weighted by molar-refractivity contribution is 5.40. The highest BCUT2D eigenvalue weighted by Crippen LogP contribution is 2.30. The molecule has 0 amide bonds. The smallest absolute Gasteiger partial charge is 0.0317 e. The predicted octanol–water partition coefficient (Wildman–Crippen LogP) is 3.14. The van der Waals surface area contributed by atoms with Gasteiger partial charge in [0.25, 0.3) is 0 Å². The third kappa shape index (κ3) is 3.36. The highest BCUT2D eigenvalue weighted by Gasteiger charge is 2.28. The van der Waals surface area contributed by atoms with Crippen LogP contribution >= 0.6 is 0 Å². The molecule has 0 aliphatic heterocycles. The van der Waals surface area contributed by atoms with Crippen molar-refractivity contribution in [2.45, 2.75) is 38.9 Å². The van der Waals surface area contributed by atoms with Gasteiger partial charge in [0.05, 0.1) is 0 Å². The predicted molar refractivity (Wildman–Crippen MR) is 82.1 cm³/mol. The van der Waals surface area contributed by atoms with Gasteiger partial charge in [-0.3, -0.25) is 9.88 Å². The Kier molecular flexibility index (Phi) is 3.70. The van der Waals surface area contributed by atoms with Crippen LogP contribution in [0.1, 0.15) is 29.5 Å². The van der Waals surface area contributed by atoms with Crippen molar-refractivity contribution in [2.24, 2.45) is 0 Å². The van der Waals surface area contributed by atoms with E-state index in [1.807, 2.05) is 24.5 Å². The summed E-state index contributed by atoms with van der Waals surface area (Å²) in [6.45, 7) is 4.02. The average molecular weight is 267 g/mol. The largest absolute Gasteiger partial charge is 0.399 e. The molecule has 3 heteroatoms. The molecule has 1 saturated carbocycles. The summed E-state index contributed by atoms with van der Waals surface area (Å²) < 4.78 is 0. The first kappa shape index (κ1) is 13.1. The van der Waals surface area contributed by atoms with Gasteiger partial charge in [-0.05, 0) is 48.6 Å². The van der Waals surface area contributed by atoms with Crippen molar-refractivity contribution in [3.63, 3.8) is 0 Å². The van der Waals surface area contributed by atoms with Crippen LogP contribution < -0.4 is 5.73 Å². The van der Waals surface area contributed by atoms with Crippen molar-refractivity contribution in [1.82, 2.24) is 9.88 Å². The Morgan fingerprint density at radius 3 is 2.65 bits per heavy atom. The first-order valence-electron chi connectivity index (χ1n) is 7.20. The number of hydrogen-bond acceptors (Lipinski definition) is 3. The number of hydrogen-bond donors (Lipinski definition) is 1. The van der Waals surface area contributed by atoms with E-state index in [4.69, 9.17) is 5.73 Å². The zero-order chi connectivity index (χ0) is 13.9. The van der Waals surface area contributed by atoms with Crippen molar-refractivity contribution in [1.29, 1.82) is 0 Å². The van der Waals surface area contributed by atoms with Crippen LogP contribution in [0.4, 0.5) is 5.69 Å². The number of aromatic nitrogens is 1. The monoisotopic (exact) mass is 267 g/mol. The summed E-state index contributed by atoms with van der Waals surface area (Å²) in [6, 6.07) is 11.1. The SMILES string of the molecule is Cc1cncc(CN(Cc2cccc(N)c2)C2CC2)c1. The van der Waals surface area contributed by atoms with Crippen LogP contribution in [-0.4, -0.2) is 15.9 Å². The first-order valence-corrected chi connectivity index (χ1v) is 7.20. The van der Waals surface area contributed by atoms with E-state index in [9.17, 15) is 0 Å². The van der Waals surface area contributed by atoms with Gasteiger partial charge in [0.1, 0.15) is 0 Å². The molecule has 3 rings (SSSR count). The molecule has 1 aliphatic carbocycles. The summed E-state index contributed by atoms with van der Waals surface area (Å²) in [4.78, 5) is 6.82. The quantitative estimate of drug-likeness (QED) is 0.846. The molecule has 2 N–H and O–H groups in total. The number of nitrogens with two attached hydrogens (primary N) is 1. The third-order valence-electron chi connectivity index (χ3n) is 3.72. The summed E-state index contributed by atoms with van der Waals surface area (Å²) in [6.07, 6.45) is 6.49. The van der Waals surface area contributed by atoms with Gasteiger partial charge in [-0.2, -0.15) is 0 Å². The molecule has 2 aromatic rings. The zero-order valence-corrected chi connectivity index (χ0v) is 11.9. The second-order valence-electron chi connectivity index (χ2n) is 5.75. The van der Waals surface area contributed by atoms with E-state index in [0.717, 1.165) is 24.8 Å². The average Bonchev–Trinajstić information content (AvgIpc) is 3.22. The van der Waals surface area contributed by atoms with Gasteiger partial charge in [-0.25, -0.2) is 0 Å². The van der Waals surface area contributed by atoms with Crippen LogP contribution in [0.25, 0.3) is 0 Å². The molecule has 0 spiro atoms. The number of nitrogen functional groups attached to an aromatic ring is 1. The number of benzene rings is 1. The van der Waals surface area contributed by atoms with E-state index < -0.39 is 0 Å². The van der Waals surface area contributed by atoms with Gasteiger partial charge in [-0.15, -0.1) is 0 Å². The van der Waals surface area contributed by atoms with Crippen molar-refractivity contribution in [3.05, 3.63) is 59.4 Å². The lowest BCUT2D eigenvalue weighted by Crippen LogP contribution is -2.25. The van der Waals surface area contributed by atoms with E-state index in [-0.39, 0.29) is 0 Å². The van der Waals surface area contributed by atoms with E-state index >= 15 is 0 Å². The van der Waals surface area contributed by atoms with E-state index in [2.05, 4.69) is 35.0 Å². The van der Waals surface area contributed by atoms with Crippen LogP contribution in [0.15, 0.2) is 42.7 Å². The number of rotatable bonds is 5. The van der Waals surface area contributed by atoms with Gasteiger partial charge in [0, 0.05) is 37.2 Å². The van der Waals surface area contributed by atoms with E-state index in [1.54, 1.807) is 0 Å². The van der Waals surface area contributed by atoms with Gasteiger partial charge >= 0.3 is 0 Å². The van der Waals surface area contributed by atoms with Crippen molar-refractivity contribution < 1.29 is 0 Å². The zero-order valence-electron chi connectivity index (χ0n) is 11.9. The topological polar surface area (TPSA) is 42.2 Å². The third-order valence-corrected chi connectivity index (χ3v) is 3.72. The Morgan fingerprint density at radius 1 is 1.15 bits per heavy atom. The van der Waals surface area contributed by atoms with Gasteiger partial charge < -0.3 is 5.73 Å². The summed E-state index contributed by atoms with van der Waals surface area (Å²) in [5, 5.41) is 0.